The lowest BCUT2D eigenvalue weighted by Gasteiger charge is -2.30. The Morgan fingerprint density at radius 2 is 1.73 bits per heavy atom. The fraction of sp³-hybridized carbons (Fsp3) is 0.382. The van der Waals surface area contributed by atoms with Crippen LogP contribution in [0.5, 0.6) is 0 Å². The first kappa shape index (κ1) is 32.1. The molecule has 0 saturated heterocycles. The Morgan fingerprint density at radius 1 is 0.977 bits per heavy atom. The first-order valence-electron chi connectivity index (χ1n) is 14.9. The van der Waals surface area contributed by atoms with Crippen molar-refractivity contribution in [3.05, 3.63) is 90.8 Å². The quantitative estimate of drug-likeness (QED) is 0.168. The highest BCUT2D eigenvalue weighted by Crippen LogP contribution is 2.43. The third kappa shape index (κ3) is 6.70. The van der Waals surface area contributed by atoms with Gasteiger partial charge in [-0.2, -0.15) is 0 Å². The molecule has 10 heteroatoms. The second-order valence-corrected chi connectivity index (χ2v) is 12.4. The number of unbranched alkanes of at least 4 members (excludes halogenated alkanes) is 2. The number of allylic oxidation sites excluding steroid dienone is 2. The number of nitrogens with one attached hydrogen (secondary N) is 2. The lowest BCUT2D eigenvalue weighted by molar-refractivity contribution is -0.139. The van der Waals surface area contributed by atoms with Crippen molar-refractivity contribution in [3.8, 4) is 0 Å². The molecule has 3 aromatic rings. The predicted molar refractivity (Wildman–Crippen MR) is 176 cm³/mol. The van der Waals surface area contributed by atoms with E-state index < -0.39 is 17.9 Å². The monoisotopic (exact) mass is 655 g/mol. The fourth-order valence-corrected chi connectivity index (χ4v) is 6.74. The van der Waals surface area contributed by atoms with Gasteiger partial charge >= 0.3 is 11.9 Å². The number of benzene rings is 2. The van der Waals surface area contributed by atoms with E-state index in [1.54, 1.807) is 32.0 Å². The van der Waals surface area contributed by atoms with Crippen LogP contribution < -0.4 is 10.6 Å². The van der Waals surface area contributed by atoms with Crippen molar-refractivity contribution < 1.29 is 19.1 Å². The summed E-state index contributed by atoms with van der Waals surface area (Å²) in [5.74, 6) is -1.87. The summed E-state index contributed by atoms with van der Waals surface area (Å²) in [6.07, 6.45) is 6.80. The lowest BCUT2D eigenvalue weighted by atomic mass is 9.80. The van der Waals surface area contributed by atoms with Gasteiger partial charge in [0.2, 0.25) is 0 Å². The van der Waals surface area contributed by atoms with E-state index in [4.69, 9.17) is 49.3 Å². The molecule has 1 aromatic heterocycles. The van der Waals surface area contributed by atoms with E-state index in [2.05, 4.69) is 10.6 Å². The highest BCUT2D eigenvalue weighted by Gasteiger charge is 2.39. The zero-order valence-electron chi connectivity index (χ0n) is 25.1. The molecule has 1 unspecified atom stereocenters. The van der Waals surface area contributed by atoms with Crippen molar-refractivity contribution >= 4 is 63.3 Å². The fourth-order valence-electron chi connectivity index (χ4n) is 6.16. The maximum Gasteiger partial charge on any atom is 0.336 e. The number of anilines is 1. The van der Waals surface area contributed by atoms with Crippen molar-refractivity contribution in [2.75, 3.05) is 25.6 Å². The highest BCUT2D eigenvalue weighted by molar-refractivity contribution is 6.42. The summed E-state index contributed by atoms with van der Waals surface area (Å²) < 4.78 is 10.8. The molecule has 2 aliphatic rings. The average Bonchev–Trinajstić information content (AvgIpc) is 3.00. The summed E-state index contributed by atoms with van der Waals surface area (Å²) in [5, 5.41) is 9.19. The summed E-state index contributed by atoms with van der Waals surface area (Å²) in [5.41, 5.74) is 6.85. The Hall–Kier alpha value is -3.26. The number of halogens is 3. The SMILES string of the molecule is COC(=O)C1=C(C)NC(C)=C(C(=O)OCCCCCNc2c3c(nc4cc(Cl)ccc24)CCCC3)C1c1cccc(Cl)c1Cl. The third-order valence-corrected chi connectivity index (χ3v) is 9.33. The molecule has 5 rings (SSSR count). The van der Waals surface area contributed by atoms with Crippen molar-refractivity contribution in [1.82, 2.24) is 10.3 Å². The summed E-state index contributed by atoms with van der Waals surface area (Å²) in [6.45, 7) is 4.57. The van der Waals surface area contributed by atoms with Crippen LogP contribution in [0.1, 0.15) is 68.7 Å². The van der Waals surface area contributed by atoms with Gasteiger partial charge in [0, 0.05) is 39.7 Å². The number of ether oxygens (including phenoxy) is 2. The predicted octanol–water partition coefficient (Wildman–Crippen LogP) is 8.31. The number of nitrogens with zero attached hydrogens (tertiary/aromatic N) is 1. The Morgan fingerprint density at radius 3 is 2.50 bits per heavy atom. The second kappa shape index (κ2) is 14.2. The van der Waals surface area contributed by atoms with Crippen LogP contribution in [0, 0.1) is 0 Å². The minimum Gasteiger partial charge on any atom is -0.466 e. The van der Waals surface area contributed by atoms with Crippen LogP contribution in [0.2, 0.25) is 15.1 Å². The zero-order valence-corrected chi connectivity index (χ0v) is 27.4. The number of hydrogen-bond donors (Lipinski definition) is 2. The van der Waals surface area contributed by atoms with Crippen molar-refractivity contribution in [2.45, 2.75) is 64.7 Å². The molecule has 232 valence electrons. The highest BCUT2D eigenvalue weighted by atomic mass is 35.5. The molecule has 2 aromatic carbocycles. The van der Waals surface area contributed by atoms with Crippen LogP contribution in [-0.4, -0.2) is 37.2 Å². The van der Waals surface area contributed by atoms with Gasteiger partial charge in [-0.1, -0.05) is 46.9 Å². The largest absolute Gasteiger partial charge is 0.466 e. The van der Waals surface area contributed by atoms with Gasteiger partial charge in [0.25, 0.3) is 0 Å². The Balaban J connectivity index is 1.22. The molecule has 1 atom stereocenters. The van der Waals surface area contributed by atoms with Gasteiger partial charge in [-0.25, -0.2) is 9.59 Å². The van der Waals surface area contributed by atoms with E-state index in [0.717, 1.165) is 55.2 Å². The van der Waals surface area contributed by atoms with Crippen molar-refractivity contribution in [2.24, 2.45) is 0 Å². The molecule has 0 spiro atoms. The standard InChI is InChI=1S/C34H36Cl3N3O4/c1-19-28(33(41)43-3)30(24-11-9-12-25(36)31(24)37)29(20(2)39-19)34(42)44-17-8-4-7-16-38-32-22-10-5-6-13-26(22)40-27-18-21(35)14-15-23(27)32/h9,11-12,14-15,18,30,39H,4-8,10,13,16-17H2,1-3H3,(H,38,40). The molecule has 0 fully saturated rings. The smallest absolute Gasteiger partial charge is 0.336 e. The summed E-state index contributed by atoms with van der Waals surface area (Å²) in [6, 6.07) is 11.0. The van der Waals surface area contributed by atoms with Crippen molar-refractivity contribution in [1.29, 1.82) is 0 Å². The maximum absolute atomic E-state index is 13.5. The molecule has 44 heavy (non-hydrogen) atoms. The van der Waals surface area contributed by atoms with E-state index in [-0.39, 0.29) is 17.2 Å². The number of dihydropyridines is 1. The summed E-state index contributed by atoms with van der Waals surface area (Å²) in [4.78, 5) is 31.3. The topological polar surface area (TPSA) is 89.5 Å². The molecule has 0 bridgehead atoms. The molecule has 0 radical (unpaired) electrons. The Bertz CT molecular complexity index is 1670. The van der Waals surface area contributed by atoms with Gasteiger partial charge in [0.05, 0.1) is 46.3 Å². The number of aryl methyl sites for hydroxylation is 1. The van der Waals surface area contributed by atoms with E-state index in [1.807, 2.05) is 18.2 Å². The summed E-state index contributed by atoms with van der Waals surface area (Å²) in [7, 11) is 1.30. The molecular formula is C34H36Cl3N3O4. The number of hydrogen-bond acceptors (Lipinski definition) is 7. The van der Waals surface area contributed by atoms with Crippen LogP contribution in [0.15, 0.2) is 58.9 Å². The number of aromatic nitrogens is 1. The number of rotatable bonds is 10. The zero-order chi connectivity index (χ0) is 31.4. The molecule has 1 aliphatic carbocycles. The van der Waals surface area contributed by atoms with Gasteiger partial charge in [0.1, 0.15) is 0 Å². The number of methoxy groups -OCH3 is 1. The number of fused-ring (bicyclic) bond motifs is 2. The van der Waals surface area contributed by atoms with Crippen LogP contribution in [0.25, 0.3) is 10.9 Å². The van der Waals surface area contributed by atoms with Gasteiger partial charge in [-0.15, -0.1) is 0 Å². The minimum absolute atomic E-state index is 0.244. The van der Waals surface area contributed by atoms with Crippen LogP contribution in [0.3, 0.4) is 0 Å². The van der Waals surface area contributed by atoms with Gasteiger partial charge in [-0.05, 0) is 94.2 Å². The average molecular weight is 657 g/mol. The normalized spacial score (nSPS) is 16.5. The Kier molecular flexibility index (Phi) is 10.4. The van der Waals surface area contributed by atoms with E-state index >= 15 is 0 Å². The molecule has 0 amide bonds. The van der Waals surface area contributed by atoms with Gasteiger partial charge in [0.15, 0.2) is 0 Å². The van der Waals surface area contributed by atoms with Gasteiger partial charge in [-0.3, -0.25) is 4.98 Å². The maximum atomic E-state index is 13.5. The Labute approximate surface area is 272 Å². The number of pyridine rings is 1. The number of esters is 2. The second-order valence-electron chi connectivity index (χ2n) is 11.2. The molecule has 7 nitrogen and oxygen atoms in total. The molecule has 1 aliphatic heterocycles. The van der Waals surface area contributed by atoms with E-state index in [0.29, 0.717) is 39.0 Å². The van der Waals surface area contributed by atoms with Crippen LogP contribution >= 0.6 is 34.8 Å². The molecular weight excluding hydrogens is 621 g/mol. The third-order valence-electron chi connectivity index (χ3n) is 8.26. The molecule has 2 N–H and O–H groups in total. The summed E-state index contributed by atoms with van der Waals surface area (Å²) >= 11 is 19.2. The first-order valence-corrected chi connectivity index (χ1v) is 16.1. The molecule has 0 saturated carbocycles. The van der Waals surface area contributed by atoms with Crippen LogP contribution in [0.4, 0.5) is 5.69 Å². The first-order chi connectivity index (χ1) is 21.2. The van der Waals surface area contributed by atoms with Crippen LogP contribution in [-0.2, 0) is 31.9 Å². The van der Waals surface area contributed by atoms with E-state index in [9.17, 15) is 9.59 Å². The van der Waals surface area contributed by atoms with E-state index in [1.165, 1.54) is 24.8 Å². The van der Waals surface area contributed by atoms with Crippen molar-refractivity contribution in [3.63, 3.8) is 0 Å². The minimum atomic E-state index is -0.789. The van der Waals surface area contributed by atoms with Gasteiger partial charge < -0.3 is 20.1 Å². The lowest BCUT2D eigenvalue weighted by Crippen LogP contribution is -2.32. The number of carbonyl (C=O) groups is 2. The molecule has 2 heterocycles. The number of carbonyl (C=O) groups excluding carboxylic acids is 2.